The Morgan fingerprint density at radius 3 is 2.66 bits per heavy atom. The van der Waals surface area contributed by atoms with Gasteiger partial charge < -0.3 is 24.4 Å². The number of ether oxygens (including phenoxy) is 3. The zero-order valence-electron chi connectivity index (χ0n) is 20.0. The highest BCUT2D eigenvalue weighted by Gasteiger charge is 2.34. The number of carbonyl (C=O) groups is 3. The molecule has 1 N–H and O–H groups in total. The van der Waals surface area contributed by atoms with Gasteiger partial charge >= 0.3 is 5.97 Å². The average molecular weight is 484 g/mol. The number of nitrogens with one attached hydrogen (secondary N) is 1. The van der Waals surface area contributed by atoms with Gasteiger partial charge in [0.1, 0.15) is 30.4 Å². The predicted molar refractivity (Wildman–Crippen MR) is 126 cm³/mol. The highest BCUT2D eigenvalue weighted by atomic mass is 16.5. The Morgan fingerprint density at radius 2 is 1.91 bits per heavy atom. The highest BCUT2D eigenvalue weighted by molar-refractivity contribution is 5.91. The molecule has 0 saturated heterocycles. The second kappa shape index (κ2) is 12.5. The standard InChI is InChI=1S/C24H29N5O6/c1-4-35-22(31)16-28(21(30)15-29-20-11-6-5-10-19(20)26-27-29)23(24(32)25-12-13-33-2)17-8-7-9-18(14-17)34-3/h5-11,14,23H,4,12-13,15-16H2,1-3H3,(H,25,32)/t23-/m0/s1. The average Bonchev–Trinajstić information content (AvgIpc) is 3.27. The van der Waals surface area contributed by atoms with Crippen LogP contribution in [0.25, 0.3) is 11.0 Å². The van der Waals surface area contributed by atoms with Crippen molar-refractivity contribution < 1.29 is 28.6 Å². The molecule has 2 aromatic carbocycles. The topological polar surface area (TPSA) is 125 Å². The van der Waals surface area contributed by atoms with E-state index in [0.717, 1.165) is 0 Å². The van der Waals surface area contributed by atoms with Gasteiger partial charge in [0.15, 0.2) is 0 Å². The van der Waals surface area contributed by atoms with Crippen LogP contribution >= 0.6 is 0 Å². The van der Waals surface area contributed by atoms with Crippen LogP contribution in [-0.2, 0) is 30.4 Å². The fourth-order valence-corrected chi connectivity index (χ4v) is 3.58. The molecule has 11 nitrogen and oxygen atoms in total. The lowest BCUT2D eigenvalue weighted by atomic mass is 10.0. The minimum absolute atomic E-state index is 0.137. The van der Waals surface area contributed by atoms with E-state index in [2.05, 4.69) is 15.6 Å². The van der Waals surface area contributed by atoms with Gasteiger partial charge in [0, 0.05) is 13.7 Å². The second-order valence-electron chi connectivity index (χ2n) is 7.53. The lowest BCUT2D eigenvalue weighted by Gasteiger charge is -2.30. The van der Waals surface area contributed by atoms with E-state index >= 15 is 0 Å². The van der Waals surface area contributed by atoms with Crippen molar-refractivity contribution in [2.45, 2.75) is 19.5 Å². The largest absolute Gasteiger partial charge is 0.497 e. The zero-order valence-corrected chi connectivity index (χ0v) is 20.0. The summed E-state index contributed by atoms with van der Waals surface area (Å²) >= 11 is 0. The molecule has 0 saturated carbocycles. The predicted octanol–water partition coefficient (Wildman–Crippen LogP) is 1.34. The lowest BCUT2D eigenvalue weighted by Crippen LogP contribution is -2.47. The van der Waals surface area contributed by atoms with E-state index in [-0.39, 0.29) is 26.3 Å². The Bertz CT molecular complexity index is 1160. The molecule has 0 unspecified atom stereocenters. The number of amides is 2. The smallest absolute Gasteiger partial charge is 0.325 e. The van der Waals surface area contributed by atoms with Crippen LogP contribution in [0.4, 0.5) is 0 Å². The van der Waals surface area contributed by atoms with Gasteiger partial charge in [-0.15, -0.1) is 5.10 Å². The van der Waals surface area contributed by atoms with Crippen LogP contribution in [-0.4, -0.2) is 78.2 Å². The Hall–Kier alpha value is -3.99. The fourth-order valence-electron chi connectivity index (χ4n) is 3.58. The molecule has 0 aliphatic carbocycles. The summed E-state index contributed by atoms with van der Waals surface area (Å²) in [5, 5.41) is 10.9. The molecule has 186 valence electrons. The first-order chi connectivity index (χ1) is 17.0. The third-order valence-electron chi connectivity index (χ3n) is 5.21. The summed E-state index contributed by atoms with van der Waals surface area (Å²) in [5.41, 5.74) is 1.75. The Kier molecular flexibility index (Phi) is 9.13. The first kappa shape index (κ1) is 25.6. The van der Waals surface area contributed by atoms with E-state index < -0.39 is 30.4 Å². The summed E-state index contributed by atoms with van der Waals surface area (Å²) in [5.74, 6) is -1.12. The van der Waals surface area contributed by atoms with Crippen LogP contribution in [0.15, 0.2) is 48.5 Å². The fraction of sp³-hybridized carbons (Fsp3) is 0.375. The van der Waals surface area contributed by atoms with Gasteiger partial charge in [0.25, 0.3) is 0 Å². The van der Waals surface area contributed by atoms with Crippen molar-refractivity contribution in [3.05, 3.63) is 54.1 Å². The van der Waals surface area contributed by atoms with Crippen molar-refractivity contribution in [2.75, 3.05) is 40.5 Å². The number of hydrogen-bond donors (Lipinski definition) is 1. The van der Waals surface area contributed by atoms with E-state index in [9.17, 15) is 14.4 Å². The molecule has 2 amide bonds. The maximum absolute atomic E-state index is 13.6. The molecular formula is C24H29N5O6. The number of esters is 1. The summed E-state index contributed by atoms with van der Waals surface area (Å²) < 4.78 is 16.9. The number of fused-ring (bicyclic) bond motifs is 1. The van der Waals surface area contributed by atoms with E-state index in [1.807, 2.05) is 12.1 Å². The number of benzene rings is 2. The summed E-state index contributed by atoms with van der Waals surface area (Å²) in [6.45, 7) is 1.66. The highest BCUT2D eigenvalue weighted by Crippen LogP contribution is 2.26. The molecule has 0 fully saturated rings. The monoisotopic (exact) mass is 483 g/mol. The van der Waals surface area contributed by atoms with Gasteiger partial charge in [-0.2, -0.15) is 0 Å². The third-order valence-corrected chi connectivity index (χ3v) is 5.21. The molecule has 1 aromatic heterocycles. The van der Waals surface area contributed by atoms with Gasteiger partial charge in [0.2, 0.25) is 11.8 Å². The summed E-state index contributed by atoms with van der Waals surface area (Å²) in [6.07, 6.45) is 0. The van der Waals surface area contributed by atoms with Crippen molar-refractivity contribution in [2.24, 2.45) is 0 Å². The van der Waals surface area contributed by atoms with Gasteiger partial charge in [-0.05, 0) is 36.8 Å². The summed E-state index contributed by atoms with van der Waals surface area (Å²) in [4.78, 5) is 40.6. The Morgan fingerprint density at radius 1 is 1.11 bits per heavy atom. The molecule has 0 radical (unpaired) electrons. The van der Waals surface area contributed by atoms with Gasteiger partial charge in [0.05, 0.1) is 25.8 Å². The lowest BCUT2D eigenvalue weighted by molar-refractivity contribution is -0.152. The van der Waals surface area contributed by atoms with Crippen molar-refractivity contribution in [1.82, 2.24) is 25.2 Å². The molecule has 0 aliphatic heterocycles. The molecule has 11 heteroatoms. The van der Waals surface area contributed by atoms with E-state index in [4.69, 9.17) is 14.2 Å². The Balaban J connectivity index is 1.99. The number of carbonyl (C=O) groups excluding carboxylic acids is 3. The second-order valence-corrected chi connectivity index (χ2v) is 7.53. The zero-order chi connectivity index (χ0) is 25.2. The van der Waals surface area contributed by atoms with Crippen molar-refractivity contribution in [3.63, 3.8) is 0 Å². The first-order valence-corrected chi connectivity index (χ1v) is 11.1. The Labute approximate surface area is 202 Å². The van der Waals surface area contributed by atoms with Crippen molar-refractivity contribution >= 4 is 28.8 Å². The number of para-hydroxylation sites is 1. The van der Waals surface area contributed by atoms with Crippen LogP contribution in [0, 0.1) is 0 Å². The van der Waals surface area contributed by atoms with E-state index in [1.165, 1.54) is 23.8 Å². The molecule has 0 aliphatic rings. The molecule has 35 heavy (non-hydrogen) atoms. The molecule has 1 heterocycles. The summed E-state index contributed by atoms with van der Waals surface area (Å²) in [6, 6.07) is 12.8. The summed E-state index contributed by atoms with van der Waals surface area (Å²) in [7, 11) is 3.02. The van der Waals surface area contributed by atoms with E-state index in [1.54, 1.807) is 43.3 Å². The molecule has 3 aromatic rings. The van der Waals surface area contributed by atoms with Crippen LogP contribution in [0.5, 0.6) is 5.75 Å². The number of hydrogen-bond acceptors (Lipinski definition) is 8. The minimum Gasteiger partial charge on any atom is -0.497 e. The molecule has 0 bridgehead atoms. The first-order valence-electron chi connectivity index (χ1n) is 11.1. The number of methoxy groups -OCH3 is 2. The van der Waals surface area contributed by atoms with Gasteiger partial charge in [-0.3, -0.25) is 14.4 Å². The molecule has 3 rings (SSSR count). The maximum Gasteiger partial charge on any atom is 0.325 e. The SMILES string of the molecule is CCOC(=O)CN(C(=O)Cn1nnc2ccccc21)[C@H](C(=O)NCCOC)c1cccc(OC)c1. The normalized spacial score (nSPS) is 11.6. The van der Waals surface area contributed by atoms with Gasteiger partial charge in [-0.25, -0.2) is 4.68 Å². The maximum atomic E-state index is 13.6. The van der Waals surface area contributed by atoms with Crippen LogP contribution in [0.1, 0.15) is 18.5 Å². The molecule has 1 atom stereocenters. The quantitative estimate of drug-likeness (QED) is 0.302. The van der Waals surface area contributed by atoms with Crippen LogP contribution < -0.4 is 10.1 Å². The minimum atomic E-state index is -1.13. The van der Waals surface area contributed by atoms with Crippen LogP contribution in [0.3, 0.4) is 0 Å². The third kappa shape index (κ3) is 6.54. The molecule has 0 spiro atoms. The van der Waals surface area contributed by atoms with Gasteiger partial charge in [-0.1, -0.05) is 29.5 Å². The van der Waals surface area contributed by atoms with Crippen molar-refractivity contribution in [1.29, 1.82) is 0 Å². The number of rotatable bonds is 12. The number of aromatic nitrogens is 3. The van der Waals surface area contributed by atoms with E-state index in [0.29, 0.717) is 22.3 Å². The van der Waals surface area contributed by atoms with Crippen LogP contribution in [0.2, 0.25) is 0 Å². The van der Waals surface area contributed by atoms with Crippen molar-refractivity contribution in [3.8, 4) is 5.75 Å². The number of nitrogens with zero attached hydrogens (tertiary/aromatic N) is 4. The molecular weight excluding hydrogens is 454 g/mol.